The highest BCUT2D eigenvalue weighted by atomic mass is 16.5. The second kappa shape index (κ2) is 8.41. The molecule has 5 aliphatic rings. The van der Waals surface area contributed by atoms with Gasteiger partial charge in [0, 0.05) is 44.1 Å². The number of anilines is 2. The largest absolute Gasteiger partial charge is 0.497 e. The van der Waals surface area contributed by atoms with Crippen LogP contribution in [0.2, 0.25) is 0 Å². The lowest BCUT2D eigenvalue weighted by atomic mass is 9.52. The molecular weight excluding hydrogens is 430 g/mol. The smallest absolute Gasteiger partial charge is 0.270 e. The highest BCUT2D eigenvalue weighted by molar-refractivity contribution is 5.92. The predicted molar refractivity (Wildman–Crippen MR) is 129 cm³/mol. The quantitative estimate of drug-likeness (QED) is 0.704. The number of nitrogens with one attached hydrogen (secondary N) is 1. The first-order valence-corrected chi connectivity index (χ1v) is 12.5. The number of aromatic nitrogens is 2. The monoisotopic (exact) mass is 463 g/mol. The summed E-state index contributed by atoms with van der Waals surface area (Å²) in [5.41, 5.74) is 1.11. The van der Waals surface area contributed by atoms with E-state index in [9.17, 15) is 9.90 Å². The molecule has 5 fully saturated rings. The molecule has 2 atom stereocenters. The van der Waals surface area contributed by atoms with E-state index in [-0.39, 0.29) is 11.9 Å². The SMILES string of the molecule is COc1ccc(N2CCN(c3nccc(C(=O)NC4C5CC6CC4CC(O)(C6)C5)n3)CC2)cc1. The molecule has 8 nitrogen and oxygen atoms in total. The Bertz CT molecular complexity index is 1040. The lowest BCUT2D eigenvalue weighted by Gasteiger charge is -2.58. The summed E-state index contributed by atoms with van der Waals surface area (Å²) >= 11 is 0. The van der Waals surface area contributed by atoms with Crippen molar-refractivity contribution in [2.24, 2.45) is 17.8 Å². The summed E-state index contributed by atoms with van der Waals surface area (Å²) in [7, 11) is 1.68. The topological polar surface area (TPSA) is 90.8 Å². The first kappa shape index (κ1) is 21.6. The fourth-order valence-electron chi connectivity index (χ4n) is 7.03. The molecule has 2 unspecified atom stereocenters. The number of carbonyl (C=O) groups is 1. The van der Waals surface area contributed by atoms with Crippen LogP contribution in [0.4, 0.5) is 11.6 Å². The molecular formula is C26H33N5O3. The van der Waals surface area contributed by atoms with Crippen LogP contribution in [0.25, 0.3) is 0 Å². The zero-order valence-electron chi connectivity index (χ0n) is 19.7. The van der Waals surface area contributed by atoms with Crippen LogP contribution in [0.1, 0.15) is 42.6 Å². The molecule has 34 heavy (non-hydrogen) atoms. The number of piperazine rings is 1. The van der Waals surface area contributed by atoms with E-state index in [2.05, 4.69) is 37.2 Å². The molecule has 180 valence electrons. The van der Waals surface area contributed by atoms with E-state index in [1.54, 1.807) is 19.4 Å². The van der Waals surface area contributed by atoms with Gasteiger partial charge in [0.25, 0.3) is 5.91 Å². The van der Waals surface area contributed by atoms with Crippen LogP contribution in [-0.2, 0) is 0 Å². The molecule has 0 radical (unpaired) electrons. The van der Waals surface area contributed by atoms with Crippen LogP contribution in [0.5, 0.6) is 5.75 Å². The summed E-state index contributed by atoms with van der Waals surface area (Å²) in [6, 6.07) is 9.98. The number of nitrogens with zero attached hydrogens (tertiary/aromatic N) is 4. The van der Waals surface area contributed by atoms with Gasteiger partial charge in [0.2, 0.25) is 5.95 Å². The number of rotatable bonds is 5. The van der Waals surface area contributed by atoms with E-state index in [1.165, 1.54) is 5.69 Å². The van der Waals surface area contributed by atoms with Gasteiger partial charge in [0.1, 0.15) is 11.4 Å². The predicted octanol–water partition coefficient (Wildman–Crippen LogP) is 2.48. The molecule has 7 rings (SSSR count). The Morgan fingerprint density at radius 2 is 1.71 bits per heavy atom. The molecule has 2 heterocycles. The molecule has 4 aliphatic carbocycles. The van der Waals surface area contributed by atoms with Gasteiger partial charge in [-0.05, 0) is 80.2 Å². The molecule has 2 aromatic rings. The number of carbonyl (C=O) groups excluding carboxylic acids is 1. The zero-order chi connectivity index (χ0) is 23.3. The molecule has 4 saturated carbocycles. The van der Waals surface area contributed by atoms with E-state index in [0.29, 0.717) is 29.4 Å². The summed E-state index contributed by atoms with van der Waals surface area (Å²) in [4.78, 5) is 26.7. The lowest BCUT2D eigenvalue weighted by molar-refractivity contribution is -0.136. The third-order valence-corrected chi connectivity index (χ3v) is 8.41. The summed E-state index contributed by atoms with van der Waals surface area (Å²) in [5.74, 6) is 2.74. The molecule has 1 aromatic heterocycles. The maximum atomic E-state index is 13.1. The summed E-state index contributed by atoms with van der Waals surface area (Å²) in [5, 5.41) is 14.1. The van der Waals surface area contributed by atoms with Crippen molar-refractivity contribution in [3.05, 3.63) is 42.2 Å². The lowest BCUT2D eigenvalue weighted by Crippen LogP contribution is -2.61. The number of ether oxygens (including phenoxy) is 1. The fraction of sp³-hybridized carbons (Fsp3) is 0.577. The third kappa shape index (κ3) is 3.98. The first-order chi connectivity index (χ1) is 16.5. The Balaban J connectivity index is 1.09. The van der Waals surface area contributed by atoms with Crippen molar-refractivity contribution >= 4 is 17.5 Å². The Labute approximate surface area is 200 Å². The average Bonchev–Trinajstić information content (AvgIpc) is 2.85. The van der Waals surface area contributed by atoms with Crippen LogP contribution in [0.15, 0.2) is 36.5 Å². The minimum Gasteiger partial charge on any atom is -0.497 e. The first-order valence-electron chi connectivity index (χ1n) is 12.5. The number of methoxy groups -OCH3 is 1. The number of aliphatic hydroxyl groups is 1. The standard InChI is InChI=1S/C26H33N5O3/c1-34-21-4-2-20(3-5-21)30-8-10-31(11-9-30)25-27-7-6-22(28-25)24(32)29-23-18-12-17-13-19(23)16-26(33,14-17)15-18/h2-7,17-19,23,33H,8-16H2,1H3,(H,29,32). The van der Waals surface area contributed by atoms with Crippen molar-refractivity contribution in [1.29, 1.82) is 0 Å². The Morgan fingerprint density at radius 3 is 2.35 bits per heavy atom. The second-order valence-electron chi connectivity index (χ2n) is 10.6. The number of hydrogen-bond donors (Lipinski definition) is 2. The third-order valence-electron chi connectivity index (χ3n) is 8.41. The number of benzene rings is 1. The Hall–Kier alpha value is -2.87. The summed E-state index contributed by atoms with van der Waals surface area (Å²) in [6.45, 7) is 3.32. The van der Waals surface area contributed by atoms with E-state index < -0.39 is 5.60 Å². The van der Waals surface area contributed by atoms with Crippen LogP contribution in [0.3, 0.4) is 0 Å². The number of hydrogen-bond acceptors (Lipinski definition) is 7. The summed E-state index contributed by atoms with van der Waals surface area (Å²) < 4.78 is 5.26. The molecule has 0 spiro atoms. The van der Waals surface area contributed by atoms with Crippen molar-refractivity contribution in [3.63, 3.8) is 0 Å². The van der Waals surface area contributed by atoms with Gasteiger partial charge in [-0.2, -0.15) is 0 Å². The van der Waals surface area contributed by atoms with Gasteiger partial charge in [0.05, 0.1) is 12.7 Å². The van der Waals surface area contributed by atoms with E-state index in [0.717, 1.165) is 64.0 Å². The second-order valence-corrected chi connectivity index (χ2v) is 10.6. The highest BCUT2D eigenvalue weighted by Gasteiger charge is 2.55. The Morgan fingerprint density at radius 1 is 1.03 bits per heavy atom. The Kier molecular flexibility index (Phi) is 5.36. The van der Waals surface area contributed by atoms with Crippen molar-refractivity contribution in [3.8, 4) is 5.75 Å². The maximum absolute atomic E-state index is 13.1. The minimum absolute atomic E-state index is 0.120. The molecule has 1 aliphatic heterocycles. The van der Waals surface area contributed by atoms with Gasteiger partial charge in [-0.15, -0.1) is 0 Å². The van der Waals surface area contributed by atoms with Gasteiger partial charge in [-0.25, -0.2) is 9.97 Å². The van der Waals surface area contributed by atoms with Crippen LogP contribution < -0.4 is 19.9 Å². The van der Waals surface area contributed by atoms with Crippen LogP contribution in [-0.4, -0.2) is 65.9 Å². The van der Waals surface area contributed by atoms with Gasteiger partial charge < -0.3 is 25.0 Å². The molecule has 1 aromatic carbocycles. The van der Waals surface area contributed by atoms with E-state index >= 15 is 0 Å². The van der Waals surface area contributed by atoms with Crippen LogP contribution in [0, 0.1) is 17.8 Å². The van der Waals surface area contributed by atoms with Gasteiger partial charge in [-0.3, -0.25) is 4.79 Å². The maximum Gasteiger partial charge on any atom is 0.270 e. The zero-order valence-corrected chi connectivity index (χ0v) is 19.7. The van der Waals surface area contributed by atoms with Crippen molar-refractivity contribution in [2.75, 3.05) is 43.1 Å². The summed E-state index contributed by atoms with van der Waals surface area (Å²) in [6.07, 6.45) is 6.51. The van der Waals surface area contributed by atoms with E-state index in [1.807, 2.05) is 12.1 Å². The van der Waals surface area contributed by atoms with Gasteiger partial charge in [-0.1, -0.05) is 0 Å². The highest BCUT2D eigenvalue weighted by Crippen LogP contribution is 2.55. The molecule has 1 saturated heterocycles. The molecule has 2 N–H and O–H groups in total. The molecule has 8 heteroatoms. The molecule has 1 amide bonds. The van der Waals surface area contributed by atoms with Crippen LogP contribution >= 0.6 is 0 Å². The fourth-order valence-corrected chi connectivity index (χ4v) is 7.03. The molecule has 4 bridgehead atoms. The van der Waals surface area contributed by atoms with Gasteiger partial charge in [0.15, 0.2) is 0 Å². The average molecular weight is 464 g/mol. The van der Waals surface area contributed by atoms with Crippen molar-refractivity contribution < 1.29 is 14.6 Å². The minimum atomic E-state index is -0.492. The van der Waals surface area contributed by atoms with Crippen molar-refractivity contribution in [1.82, 2.24) is 15.3 Å². The van der Waals surface area contributed by atoms with Gasteiger partial charge >= 0.3 is 0 Å². The normalized spacial score (nSPS) is 32.1. The number of amides is 1. The van der Waals surface area contributed by atoms with Crippen molar-refractivity contribution in [2.45, 2.75) is 43.7 Å². The van der Waals surface area contributed by atoms with E-state index in [4.69, 9.17) is 4.74 Å².